The number of carbonyl (C=O) groups excluding carboxylic acids is 1. The van der Waals surface area contributed by atoms with Crippen LogP contribution >= 0.6 is 28.1 Å². The summed E-state index contributed by atoms with van der Waals surface area (Å²) in [5.74, 6) is 0.0484. The van der Waals surface area contributed by atoms with E-state index in [1.165, 1.54) is 0 Å². The summed E-state index contributed by atoms with van der Waals surface area (Å²) < 4.78 is 0.848. The van der Waals surface area contributed by atoms with Crippen LogP contribution in [0, 0.1) is 0 Å². The van der Waals surface area contributed by atoms with Crippen LogP contribution in [0.5, 0.6) is 0 Å². The number of hydrogen-bond donors (Lipinski definition) is 1. The molecule has 0 aromatic heterocycles. The van der Waals surface area contributed by atoms with Gasteiger partial charge >= 0.3 is 0 Å². The molecule has 2 N–H and O–H groups in total. The summed E-state index contributed by atoms with van der Waals surface area (Å²) in [6.07, 6.45) is 0.935. The molecule has 20 heavy (non-hydrogen) atoms. The second-order valence-corrected chi connectivity index (χ2v) is 6.00. The topological polar surface area (TPSA) is 49.6 Å². The van der Waals surface area contributed by atoms with Crippen molar-refractivity contribution in [3.63, 3.8) is 0 Å². The molecule has 0 aliphatic heterocycles. The first kappa shape index (κ1) is 16.9. The lowest BCUT2D eigenvalue weighted by atomic mass is 10.1. The van der Waals surface area contributed by atoms with Crippen LogP contribution in [-0.4, -0.2) is 43.0 Å². The number of nitrogens with two attached hydrogens (primary N) is 1. The monoisotopic (exact) mass is 357 g/mol. The van der Waals surface area contributed by atoms with Gasteiger partial charge in [0, 0.05) is 36.4 Å². The Morgan fingerprint density at radius 1 is 1.40 bits per heavy atom. The zero-order valence-electron chi connectivity index (χ0n) is 12.0. The summed E-state index contributed by atoms with van der Waals surface area (Å²) in [4.78, 5) is 15.9. The van der Waals surface area contributed by atoms with Crippen molar-refractivity contribution in [2.45, 2.75) is 13.3 Å². The second kappa shape index (κ2) is 7.59. The maximum Gasteiger partial charge on any atom is 0.241 e. The molecule has 0 saturated carbocycles. The molecule has 0 radical (unpaired) electrons. The van der Waals surface area contributed by atoms with Crippen molar-refractivity contribution in [2.75, 3.05) is 32.1 Å². The molecule has 1 aromatic carbocycles. The van der Waals surface area contributed by atoms with Crippen molar-refractivity contribution >= 4 is 44.7 Å². The average Bonchev–Trinajstić information content (AvgIpc) is 2.37. The molecule has 1 rings (SSSR count). The van der Waals surface area contributed by atoms with Crippen LogP contribution in [-0.2, 0) is 4.79 Å². The Balaban J connectivity index is 3.18. The number of thiocarbonyl (C=S) groups is 1. The van der Waals surface area contributed by atoms with E-state index in [1.807, 2.05) is 23.1 Å². The van der Waals surface area contributed by atoms with Gasteiger partial charge in [0.2, 0.25) is 5.91 Å². The van der Waals surface area contributed by atoms with E-state index >= 15 is 0 Å². The summed E-state index contributed by atoms with van der Waals surface area (Å²) in [6, 6.07) is 5.76. The molecule has 0 heterocycles. The lowest BCUT2D eigenvalue weighted by Gasteiger charge is -2.27. The molecule has 6 heteroatoms. The third-order valence-electron chi connectivity index (χ3n) is 2.90. The Kier molecular flexibility index (Phi) is 6.42. The number of amides is 1. The van der Waals surface area contributed by atoms with Gasteiger partial charge in [-0.3, -0.25) is 4.79 Å². The molecule has 0 saturated heterocycles. The van der Waals surface area contributed by atoms with E-state index in [4.69, 9.17) is 18.0 Å². The van der Waals surface area contributed by atoms with Crippen LogP contribution < -0.4 is 10.6 Å². The number of nitrogens with zero attached hydrogens (tertiary/aromatic N) is 2. The Labute approximate surface area is 134 Å². The Bertz CT molecular complexity index is 505. The molecule has 0 atom stereocenters. The summed E-state index contributed by atoms with van der Waals surface area (Å²) in [7, 11) is 3.50. The highest BCUT2D eigenvalue weighted by atomic mass is 79.9. The highest BCUT2D eigenvalue weighted by Crippen LogP contribution is 2.28. The number of anilines is 1. The number of benzene rings is 1. The van der Waals surface area contributed by atoms with Crippen LogP contribution in [0.25, 0.3) is 0 Å². The number of hydrogen-bond acceptors (Lipinski definition) is 3. The van der Waals surface area contributed by atoms with Gasteiger partial charge in [0.1, 0.15) is 4.99 Å². The number of halogens is 1. The van der Waals surface area contributed by atoms with Gasteiger partial charge in [0.25, 0.3) is 0 Å². The normalized spacial score (nSPS) is 10.2. The highest BCUT2D eigenvalue weighted by Gasteiger charge is 2.18. The average molecular weight is 358 g/mol. The molecular formula is C14H20BrN3OS. The predicted molar refractivity (Wildman–Crippen MR) is 91.2 cm³/mol. The van der Waals surface area contributed by atoms with Crippen LogP contribution in [0.4, 0.5) is 5.69 Å². The quantitative estimate of drug-likeness (QED) is 0.794. The molecule has 1 aromatic rings. The van der Waals surface area contributed by atoms with Crippen molar-refractivity contribution < 1.29 is 4.79 Å². The Hall–Kier alpha value is -1.14. The van der Waals surface area contributed by atoms with E-state index in [0.29, 0.717) is 11.5 Å². The van der Waals surface area contributed by atoms with Crippen LogP contribution in [0.3, 0.4) is 0 Å². The summed E-state index contributed by atoms with van der Waals surface area (Å²) in [5.41, 5.74) is 7.49. The fraction of sp³-hybridized carbons (Fsp3) is 0.429. The molecule has 0 spiro atoms. The largest absolute Gasteiger partial charge is 0.389 e. The van der Waals surface area contributed by atoms with E-state index in [9.17, 15) is 4.79 Å². The van der Waals surface area contributed by atoms with Gasteiger partial charge in [-0.1, -0.05) is 25.2 Å². The van der Waals surface area contributed by atoms with E-state index in [0.717, 1.165) is 28.7 Å². The van der Waals surface area contributed by atoms with Crippen molar-refractivity contribution in [3.8, 4) is 0 Å². The minimum Gasteiger partial charge on any atom is -0.389 e. The third kappa shape index (κ3) is 4.18. The summed E-state index contributed by atoms with van der Waals surface area (Å²) in [6.45, 7) is 3.16. The smallest absolute Gasteiger partial charge is 0.241 e. The molecule has 110 valence electrons. The van der Waals surface area contributed by atoms with Gasteiger partial charge in [0.05, 0.1) is 6.54 Å². The Morgan fingerprint density at radius 3 is 2.55 bits per heavy atom. The third-order valence-corrected chi connectivity index (χ3v) is 3.76. The van der Waals surface area contributed by atoms with Gasteiger partial charge < -0.3 is 15.5 Å². The SMILES string of the molecule is CCCN(CC(=O)N(C)C)c1cccc(Br)c1C(N)=S. The predicted octanol–water partition coefficient (Wildman–Crippen LogP) is 2.39. The molecule has 0 aliphatic rings. The van der Waals surface area contributed by atoms with Crippen LogP contribution in [0.1, 0.15) is 18.9 Å². The molecule has 4 nitrogen and oxygen atoms in total. The first-order valence-electron chi connectivity index (χ1n) is 6.41. The number of rotatable bonds is 6. The van der Waals surface area contributed by atoms with Crippen molar-refractivity contribution in [3.05, 3.63) is 28.2 Å². The first-order chi connectivity index (χ1) is 9.38. The standard InChI is InChI=1S/C14H20BrN3OS/c1-4-8-18(9-12(19)17(2)3)11-7-5-6-10(15)13(11)14(16)20/h5-7H,4,8-9H2,1-3H3,(H2,16,20). The maximum absolute atomic E-state index is 12.0. The van der Waals surface area contributed by atoms with E-state index in [1.54, 1.807) is 19.0 Å². The van der Waals surface area contributed by atoms with Gasteiger partial charge in [-0.2, -0.15) is 0 Å². The zero-order valence-corrected chi connectivity index (χ0v) is 14.4. The zero-order chi connectivity index (χ0) is 15.3. The number of carbonyl (C=O) groups is 1. The Morgan fingerprint density at radius 2 is 2.05 bits per heavy atom. The fourth-order valence-corrected chi connectivity index (χ4v) is 2.79. The molecular weight excluding hydrogens is 338 g/mol. The van der Waals surface area contributed by atoms with Gasteiger partial charge in [-0.15, -0.1) is 0 Å². The highest BCUT2D eigenvalue weighted by molar-refractivity contribution is 9.10. The molecule has 0 aliphatic carbocycles. The lowest BCUT2D eigenvalue weighted by molar-refractivity contribution is -0.127. The van der Waals surface area contributed by atoms with Crippen molar-refractivity contribution in [1.82, 2.24) is 4.90 Å². The van der Waals surface area contributed by atoms with Gasteiger partial charge in [-0.05, 0) is 34.5 Å². The van der Waals surface area contributed by atoms with E-state index in [2.05, 4.69) is 22.9 Å². The second-order valence-electron chi connectivity index (χ2n) is 4.71. The van der Waals surface area contributed by atoms with Crippen LogP contribution in [0.15, 0.2) is 22.7 Å². The van der Waals surface area contributed by atoms with E-state index < -0.39 is 0 Å². The maximum atomic E-state index is 12.0. The molecule has 0 fully saturated rings. The summed E-state index contributed by atoms with van der Waals surface area (Å²) >= 11 is 8.60. The minimum absolute atomic E-state index is 0.0484. The van der Waals surface area contributed by atoms with Crippen molar-refractivity contribution in [1.29, 1.82) is 0 Å². The van der Waals surface area contributed by atoms with Gasteiger partial charge in [-0.25, -0.2) is 0 Å². The first-order valence-corrected chi connectivity index (χ1v) is 7.62. The molecule has 1 amide bonds. The van der Waals surface area contributed by atoms with Crippen molar-refractivity contribution in [2.24, 2.45) is 5.73 Å². The van der Waals surface area contributed by atoms with E-state index in [-0.39, 0.29) is 5.91 Å². The molecule has 0 unspecified atom stereocenters. The fourth-order valence-electron chi connectivity index (χ4n) is 1.88. The lowest BCUT2D eigenvalue weighted by Crippen LogP contribution is -2.38. The number of likely N-dealkylation sites (N-methyl/N-ethyl adjacent to an activating group) is 1. The minimum atomic E-state index is 0.0484. The molecule has 0 bridgehead atoms. The van der Waals surface area contributed by atoms with Gasteiger partial charge in [0.15, 0.2) is 0 Å². The van der Waals surface area contributed by atoms with Crippen LogP contribution in [0.2, 0.25) is 0 Å². The summed E-state index contributed by atoms with van der Waals surface area (Å²) in [5, 5.41) is 0.